The summed E-state index contributed by atoms with van der Waals surface area (Å²) < 4.78 is 5.07. The van der Waals surface area contributed by atoms with Gasteiger partial charge in [-0.05, 0) is 24.6 Å². The lowest BCUT2D eigenvalue weighted by Gasteiger charge is -2.22. The molecule has 0 unspecified atom stereocenters. The Labute approximate surface area is 160 Å². The van der Waals surface area contributed by atoms with Crippen molar-refractivity contribution in [2.45, 2.75) is 13.0 Å². The van der Waals surface area contributed by atoms with E-state index in [0.717, 1.165) is 0 Å². The van der Waals surface area contributed by atoms with Crippen molar-refractivity contribution in [1.29, 1.82) is 0 Å². The van der Waals surface area contributed by atoms with Gasteiger partial charge in [0.05, 0.1) is 11.6 Å². The standard InChI is InChI=1S/C21H16N2O5/c1-12-11-16(22-28-12)23-18(13-7-9-15(24)10-8-13)17(20(26)21(23)27)19(25)14-5-3-2-4-6-14/h2-11,18,24-25H,1H3/b19-17+/t18-/m0/s1. The Morgan fingerprint density at radius 3 is 2.36 bits per heavy atom. The van der Waals surface area contributed by atoms with E-state index in [9.17, 15) is 19.8 Å². The van der Waals surface area contributed by atoms with Crippen LogP contribution < -0.4 is 4.90 Å². The van der Waals surface area contributed by atoms with Gasteiger partial charge in [-0.1, -0.05) is 47.6 Å². The maximum Gasteiger partial charge on any atom is 0.301 e. The third-order valence-corrected chi connectivity index (χ3v) is 4.56. The number of aromatic nitrogens is 1. The Morgan fingerprint density at radius 2 is 1.75 bits per heavy atom. The van der Waals surface area contributed by atoms with Crippen LogP contribution in [0.4, 0.5) is 5.82 Å². The highest BCUT2D eigenvalue weighted by molar-refractivity contribution is 6.51. The summed E-state index contributed by atoms with van der Waals surface area (Å²) in [6, 6.07) is 15.2. The van der Waals surface area contributed by atoms with Crippen LogP contribution in [0.2, 0.25) is 0 Å². The van der Waals surface area contributed by atoms with Crippen LogP contribution in [-0.4, -0.2) is 27.1 Å². The zero-order valence-corrected chi connectivity index (χ0v) is 14.9. The van der Waals surface area contributed by atoms with Crippen molar-refractivity contribution in [2.24, 2.45) is 0 Å². The number of anilines is 1. The van der Waals surface area contributed by atoms with Gasteiger partial charge >= 0.3 is 5.91 Å². The third-order valence-electron chi connectivity index (χ3n) is 4.56. The topological polar surface area (TPSA) is 104 Å². The first kappa shape index (κ1) is 17.5. The fourth-order valence-electron chi connectivity index (χ4n) is 3.26. The van der Waals surface area contributed by atoms with Crippen LogP contribution >= 0.6 is 0 Å². The van der Waals surface area contributed by atoms with E-state index in [1.807, 2.05) is 0 Å². The molecule has 2 N–H and O–H groups in total. The Hall–Kier alpha value is -3.87. The quantitative estimate of drug-likeness (QED) is 0.413. The van der Waals surface area contributed by atoms with Gasteiger partial charge in [-0.15, -0.1) is 0 Å². The molecule has 0 bridgehead atoms. The summed E-state index contributed by atoms with van der Waals surface area (Å²) >= 11 is 0. The predicted molar refractivity (Wildman–Crippen MR) is 101 cm³/mol. The van der Waals surface area contributed by atoms with Crippen molar-refractivity contribution in [3.8, 4) is 5.75 Å². The summed E-state index contributed by atoms with van der Waals surface area (Å²) in [7, 11) is 0. The molecule has 1 amide bonds. The number of phenolic OH excluding ortho intramolecular Hbond substituents is 1. The molecule has 28 heavy (non-hydrogen) atoms. The number of aromatic hydroxyl groups is 1. The molecule has 3 aromatic rings. The number of hydrogen-bond acceptors (Lipinski definition) is 6. The van der Waals surface area contributed by atoms with Gasteiger partial charge in [-0.3, -0.25) is 14.5 Å². The number of carbonyl (C=O) groups excluding carboxylic acids is 2. The molecule has 0 radical (unpaired) electrons. The summed E-state index contributed by atoms with van der Waals surface area (Å²) in [4.78, 5) is 26.9. The minimum absolute atomic E-state index is 0.0426. The highest BCUT2D eigenvalue weighted by Crippen LogP contribution is 2.42. The number of hydrogen-bond donors (Lipinski definition) is 2. The number of aryl methyl sites for hydroxylation is 1. The van der Waals surface area contributed by atoms with E-state index in [0.29, 0.717) is 16.9 Å². The number of carbonyl (C=O) groups is 2. The molecule has 1 aliphatic heterocycles. The minimum Gasteiger partial charge on any atom is -0.508 e. The molecule has 1 fully saturated rings. The normalized spacial score (nSPS) is 18.6. The second-order valence-corrected chi connectivity index (χ2v) is 6.42. The van der Waals surface area contributed by atoms with Crippen LogP contribution in [0.1, 0.15) is 22.9 Å². The minimum atomic E-state index is -0.912. The lowest BCUT2D eigenvalue weighted by molar-refractivity contribution is -0.132. The van der Waals surface area contributed by atoms with Gasteiger partial charge in [0, 0.05) is 11.6 Å². The molecule has 0 spiro atoms. The van der Waals surface area contributed by atoms with Crippen molar-refractivity contribution in [3.63, 3.8) is 0 Å². The number of aliphatic hydroxyl groups is 1. The van der Waals surface area contributed by atoms with E-state index < -0.39 is 17.7 Å². The summed E-state index contributed by atoms with van der Waals surface area (Å²) in [5.74, 6) is -1.22. The lowest BCUT2D eigenvalue weighted by Crippen LogP contribution is -2.29. The zero-order chi connectivity index (χ0) is 19.8. The first-order chi connectivity index (χ1) is 13.5. The lowest BCUT2D eigenvalue weighted by atomic mass is 9.95. The molecule has 0 aliphatic carbocycles. The van der Waals surface area contributed by atoms with Gasteiger partial charge in [0.15, 0.2) is 5.82 Å². The summed E-state index contributed by atoms with van der Waals surface area (Å²) in [6.45, 7) is 1.67. The molecule has 2 aromatic carbocycles. The Bertz CT molecular complexity index is 1080. The van der Waals surface area contributed by atoms with E-state index in [-0.39, 0.29) is 22.9 Å². The Kier molecular flexibility index (Phi) is 4.19. The molecule has 1 aliphatic rings. The average molecular weight is 376 g/mol. The molecule has 1 aromatic heterocycles. The van der Waals surface area contributed by atoms with Gasteiger partial charge in [-0.2, -0.15) is 0 Å². The number of aliphatic hydroxyl groups excluding tert-OH is 1. The van der Waals surface area contributed by atoms with E-state index in [1.165, 1.54) is 17.0 Å². The first-order valence-electron chi connectivity index (χ1n) is 8.56. The number of ketones is 1. The van der Waals surface area contributed by atoms with Crippen molar-refractivity contribution in [3.05, 3.63) is 83.1 Å². The van der Waals surface area contributed by atoms with E-state index in [4.69, 9.17) is 4.52 Å². The second kappa shape index (κ2) is 6.70. The Morgan fingerprint density at radius 1 is 1.07 bits per heavy atom. The number of benzene rings is 2. The highest BCUT2D eigenvalue weighted by Gasteiger charge is 2.48. The molecule has 2 heterocycles. The molecule has 7 heteroatoms. The fourth-order valence-corrected chi connectivity index (χ4v) is 3.26. The average Bonchev–Trinajstić information content (AvgIpc) is 3.24. The monoisotopic (exact) mass is 376 g/mol. The number of Topliss-reactive ketones (excluding diaryl/α,β-unsaturated/α-hetero) is 1. The smallest absolute Gasteiger partial charge is 0.301 e. The van der Waals surface area contributed by atoms with E-state index in [1.54, 1.807) is 55.5 Å². The summed E-state index contributed by atoms with van der Waals surface area (Å²) in [6.07, 6.45) is 0. The van der Waals surface area contributed by atoms with Crippen molar-refractivity contribution >= 4 is 23.3 Å². The van der Waals surface area contributed by atoms with Gasteiger partial charge < -0.3 is 14.7 Å². The van der Waals surface area contributed by atoms with Crippen LogP contribution in [0.3, 0.4) is 0 Å². The molecule has 7 nitrogen and oxygen atoms in total. The SMILES string of the molecule is Cc1cc(N2C(=O)C(=O)/C(=C(/O)c3ccccc3)[C@@H]2c2ccc(O)cc2)no1. The fraction of sp³-hybridized carbons (Fsp3) is 0.0952. The maximum absolute atomic E-state index is 12.8. The van der Waals surface area contributed by atoms with Crippen LogP contribution in [0, 0.1) is 6.92 Å². The number of rotatable bonds is 3. The molecule has 1 saturated heterocycles. The van der Waals surface area contributed by atoms with E-state index >= 15 is 0 Å². The molecule has 4 rings (SSSR count). The third kappa shape index (κ3) is 2.83. The molecular weight excluding hydrogens is 360 g/mol. The van der Waals surface area contributed by atoms with Crippen molar-refractivity contribution in [1.82, 2.24) is 5.16 Å². The number of phenols is 1. The van der Waals surface area contributed by atoms with Gasteiger partial charge in [-0.25, -0.2) is 0 Å². The van der Waals surface area contributed by atoms with Crippen molar-refractivity contribution < 1.29 is 24.3 Å². The van der Waals surface area contributed by atoms with Crippen LogP contribution in [0.5, 0.6) is 5.75 Å². The maximum atomic E-state index is 12.8. The first-order valence-corrected chi connectivity index (χ1v) is 8.56. The van der Waals surface area contributed by atoms with Crippen LogP contribution in [0.25, 0.3) is 5.76 Å². The molecule has 140 valence electrons. The largest absolute Gasteiger partial charge is 0.508 e. The van der Waals surface area contributed by atoms with Gasteiger partial charge in [0.25, 0.3) is 5.78 Å². The molecule has 1 atom stereocenters. The Balaban J connectivity index is 1.94. The highest BCUT2D eigenvalue weighted by atomic mass is 16.5. The molecular formula is C21H16N2O5. The number of amides is 1. The summed E-state index contributed by atoms with van der Waals surface area (Å²) in [5, 5.41) is 24.3. The van der Waals surface area contributed by atoms with Crippen LogP contribution in [-0.2, 0) is 9.59 Å². The van der Waals surface area contributed by atoms with Crippen LogP contribution in [0.15, 0.2) is 70.8 Å². The predicted octanol–water partition coefficient (Wildman–Crippen LogP) is 3.31. The zero-order valence-electron chi connectivity index (χ0n) is 14.9. The summed E-state index contributed by atoms with van der Waals surface area (Å²) in [5.41, 5.74) is 0.901. The van der Waals surface area contributed by atoms with Crippen molar-refractivity contribution in [2.75, 3.05) is 4.90 Å². The van der Waals surface area contributed by atoms with Gasteiger partial charge in [0.1, 0.15) is 17.3 Å². The number of nitrogens with zero attached hydrogens (tertiary/aromatic N) is 2. The van der Waals surface area contributed by atoms with E-state index in [2.05, 4.69) is 5.16 Å². The molecule has 0 saturated carbocycles. The second-order valence-electron chi connectivity index (χ2n) is 6.42. The van der Waals surface area contributed by atoms with Gasteiger partial charge in [0.2, 0.25) is 0 Å².